The Labute approximate surface area is 258 Å². The van der Waals surface area contributed by atoms with Crippen molar-refractivity contribution < 1.29 is 74.0 Å². The zero-order valence-corrected chi connectivity index (χ0v) is 32.5. The molecule has 38 heavy (non-hydrogen) atoms. The van der Waals surface area contributed by atoms with E-state index in [-0.39, 0.29) is 39.6 Å². The maximum atomic E-state index is 8.61. The largest absolute Gasteiger partial charge is 0.484 e. The molecule has 0 bridgehead atoms. The van der Waals surface area contributed by atoms with Gasteiger partial charge in [0.05, 0.1) is 0 Å². The monoisotopic (exact) mass is 810 g/mol. The zero-order chi connectivity index (χ0) is 28.7. The molecule has 0 aliphatic rings. The Kier molecular flexibility index (Phi) is 37.2. The van der Waals surface area contributed by atoms with E-state index in [4.69, 9.17) is 102 Å². The first kappa shape index (κ1) is 63.7. The van der Waals surface area contributed by atoms with E-state index < -0.39 is 62.3 Å². The van der Waals surface area contributed by atoms with Crippen molar-refractivity contribution in [3.8, 4) is 0 Å². The van der Waals surface area contributed by atoms with Crippen LogP contribution >= 0.6 is 56.7 Å². The Morgan fingerprint density at radius 1 is 0.421 bits per heavy atom. The van der Waals surface area contributed by atoms with E-state index in [0.29, 0.717) is 0 Å². The van der Waals surface area contributed by atoms with Crippen molar-refractivity contribution in [2.75, 3.05) is 0 Å². The molecule has 0 saturated carbocycles. The molecule has 0 aromatic rings. The summed E-state index contributed by atoms with van der Waals surface area (Å²) in [5, 5.41) is 0. The van der Waals surface area contributed by atoms with Crippen LogP contribution in [-0.2, 0) is 4.12 Å². The second-order valence-electron chi connectivity index (χ2n) is 7.83. The summed E-state index contributed by atoms with van der Waals surface area (Å²) in [6, 6.07) is 0. The van der Waals surface area contributed by atoms with Crippen LogP contribution in [0.1, 0.15) is 16.3 Å². The lowest BCUT2D eigenvalue weighted by atomic mass is 11.9. The van der Waals surface area contributed by atoms with E-state index in [2.05, 4.69) is 4.12 Å². The van der Waals surface area contributed by atoms with Crippen molar-refractivity contribution in [2.24, 2.45) is 0 Å². The van der Waals surface area contributed by atoms with Gasteiger partial charge in [0.25, 0.3) is 12.4 Å². The number of hydrogen-bond acceptors (Lipinski definition) is 13. The molecule has 28 heteroatoms. The van der Waals surface area contributed by atoms with Crippen LogP contribution in [0.2, 0.25) is 52.4 Å². The van der Waals surface area contributed by atoms with E-state index in [1.54, 1.807) is 13.1 Å². The SMILES string of the molecule is C.C.C[Si](Cl)(Cl)[Si](C)(Cl)Cl.C[Si](O)(O)O[Si](C)(O)O.C[Si](O)(O)[Si](C)(O)O.C[Si](O)(O)[Si](C)(O)O.Cl.O.O.[HH]. The predicted molar refractivity (Wildman–Crippen MR) is 174 cm³/mol. The molecule has 0 aliphatic carbocycles. The minimum atomic E-state index is -3.73. The summed E-state index contributed by atoms with van der Waals surface area (Å²) in [6.45, 7) is 9.87. The van der Waals surface area contributed by atoms with E-state index >= 15 is 0 Å². The summed E-state index contributed by atoms with van der Waals surface area (Å²) >= 11 is 22.8. The van der Waals surface area contributed by atoms with Gasteiger partial charge in [0.2, 0.25) is 0 Å². The van der Waals surface area contributed by atoms with Crippen LogP contribution in [0.3, 0.4) is 0 Å². The molecule has 0 atom stereocenters. The van der Waals surface area contributed by atoms with Crippen molar-refractivity contribution in [3.05, 3.63) is 0 Å². The Morgan fingerprint density at radius 2 is 0.526 bits per heavy atom. The smallest absolute Gasteiger partial charge is 0.412 e. The standard InChI is InChI=1S/C2H6Cl4Si2.C2H10O5Si2.2C2H10O4Si2.2CH4.ClH.2H2O.H2/c1-7(3,4)8(2,5)6;1-8(3,4)7-9(2,5)6;2*1-7(3,4)8(2,5)6;;;;;;/h1-2H3;3-6H,1-2H3;2*3-6H,1-2H3;2*1H4;1H;2*1H2;1H. The summed E-state index contributed by atoms with van der Waals surface area (Å²) < 4.78 is 4.12. The normalized spacial score (nSPS) is 12.3. The fourth-order valence-corrected chi connectivity index (χ4v) is 3.30. The van der Waals surface area contributed by atoms with Gasteiger partial charge in [0.15, 0.2) is 0 Å². The molecule has 0 aromatic heterocycles. The molecule has 248 valence electrons. The highest BCUT2D eigenvalue weighted by Gasteiger charge is 2.48. The molecule has 16 N–H and O–H groups in total. The molecule has 0 aromatic carbocycles. The van der Waals surface area contributed by atoms with Gasteiger partial charge in [-0.1, -0.05) is 14.9 Å². The molecule has 0 rings (SSSR count). The van der Waals surface area contributed by atoms with Crippen LogP contribution in [-0.4, -0.2) is 131 Å². The van der Waals surface area contributed by atoms with Crippen LogP contribution in [0.4, 0.5) is 0 Å². The fourth-order valence-electron chi connectivity index (χ4n) is 0.366. The summed E-state index contributed by atoms with van der Waals surface area (Å²) in [6.07, 6.45) is -4.49. The quantitative estimate of drug-likeness (QED) is 0.105. The van der Waals surface area contributed by atoms with Gasteiger partial charge in [0, 0.05) is 14.5 Å². The minimum Gasteiger partial charge on any atom is -0.412 e. The highest BCUT2D eigenvalue weighted by molar-refractivity contribution is 7.92. The van der Waals surface area contributed by atoms with Crippen molar-refractivity contribution in [1.29, 1.82) is 0 Å². The molecular weight excluding hydrogens is 762 g/mol. The molecule has 0 aliphatic heterocycles. The molecule has 0 saturated heterocycles. The van der Waals surface area contributed by atoms with Crippen LogP contribution in [0.5, 0.6) is 0 Å². The first-order chi connectivity index (χ1) is 13.5. The summed E-state index contributed by atoms with van der Waals surface area (Å²) in [5.41, 5.74) is 0. The van der Waals surface area contributed by atoms with Gasteiger partial charge in [0.1, 0.15) is 0 Å². The highest BCUT2D eigenvalue weighted by Crippen LogP contribution is 2.33. The van der Waals surface area contributed by atoms with Gasteiger partial charge in [-0.25, -0.2) is 0 Å². The van der Waals surface area contributed by atoms with E-state index in [9.17, 15) is 0 Å². The Bertz CT molecular complexity index is 448. The molecule has 0 fully saturated rings. The van der Waals surface area contributed by atoms with Crippen LogP contribution in [0.15, 0.2) is 0 Å². The van der Waals surface area contributed by atoms with Crippen molar-refractivity contribution in [2.45, 2.75) is 67.2 Å². The Balaban J connectivity index is -0.0000000342. The molecule has 0 heterocycles. The Hall–Kier alpha value is 2.59. The van der Waals surface area contributed by atoms with Crippen LogP contribution < -0.4 is 0 Å². The number of halogens is 5. The van der Waals surface area contributed by atoms with Crippen molar-refractivity contribution in [3.63, 3.8) is 0 Å². The highest BCUT2D eigenvalue weighted by atomic mass is 35.8. The third-order valence-electron chi connectivity index (χ3n) is 2.95. The van der Waals surface area contributed by atoms with Gasteiger partial charge < -0.3 is 72.6 Å². The summed E-state index contributed by atoms with van der Waals surface area (Å²) in [4.78, 5) is 103. The average molecular weight is 813 g/mol. The van der Waals surface area contributed by atoms with Crippen molar-refractivity contribution in [1.82, 2.24) is 0 Å². The predicted octanol–water partition coefficient (Wildman–Crippen LogP) is -2.08. The first-order valence-electron chi connectivity index (χ1n) is 8.60. The van der Waals surface area contributed by atoms with Crippen LogP contribution in [0.25, 0.3) is 0 Å². The van der Waals surface area contributed by atoms with Gasteiger partial charge >= 0.3 is 49.9 Å². The first-order valence-corrected chi connectivity index (χ1v) is 34.8. The third-order valence-corrected chi connectivity index (χ3v) is 43.7. The second-order valence-corrected chi connectivity index (χ2v) is 55.5. The lowest BCUT2D eigenvalue weighted by Gasteiger charge is -2.20. The Morgan fingerprint density at radius 3 is 0.526 bits per heavy atom. The molecular formula is C10H51Cl5O15Si8. The molecule has 0 amide bonds. The fraction of sp³-hybridized carbons (Fsp3) is 1.00. The lowest BCUT2D eigenvalue weighted by Crippen LogP contribution is -2.60. The average Bonchev–Trinajstić information content (AvgIpc) is 2.27. The van der Waals surface area contributed by atoms with Gasteiger partial charge in [-0.3, -0.25) is 0 Å². The number of rotatable bonds is 5. The second kappa shape index (κ2) is 22.1. The van der Waals surface area contributed by atoms with E-state index in [1.165, 1.54) is 0 Å². The van der Waals surface area contributed by atoms with Crippen molar-refractivity contribution >= 4 is 119 Å². The van der Waals surface area contributed by atoms with Gasteiger partial charge in [-0.2, -0.15) is 0 Å². The molecule has 0 radical (unpaired) electrons. The molecule has 0 unspecified atom stereocenters. The maximum Gasteiger partial charge on any atom is 0.484 e. The lowest BCUT2D eigenvalue weighted by molar-refractivity contribution is 0.166. The molecule has 15 nitrogen and oxygen atoms in total. The number of hydrogen-bond donors (Lipinski definition) is 12. The topological polar surface area (TPSA) is 315 Å². The molecule has 0 spiro atoms. The van der Waals surface area contributed by atoms with Crippen LogP contribution in [0, 0.1) is 0 Å². The summed E-state index contributed by atoms with van der Waals surface area (Å²) in [7, 11) is -21.9. The van der Waals surface area contributed by atoms with Gasteiger partial charge in [-0.15, -0.1) is 56.7 Å². The third kappa shape index (κ3) is 43.0. The van der Waals surface area contributed by atoms with Gasteiger partial charge in [-0.05, 0) is 39.3 Å². The summed E-state index contributed by atoms with van der Waals surface area (Å²) in [5.74, 6) is 0. The minimum absolute atomic E-state index is 0. The van der Waals surface area contributed by atoms with E-state index in [0.717, 1.165) is 39.3 Å². The van der Waals surface area contributed by atoms with E-state index in [1.807, 2.05) is 0 Å². The maximum absolute atomic E-state index is 8.61. The zero-order valence-electron chi connectivity index (χ0n) is 20.7.